The van der Waals surface area contributed by atoms with Crippen molar-refractivity contribution < 1.29 is 4.79 Å². The zero-order valence-corrected chi connectivity index (χ0v) is 12.9. The van der Waals surface area contributed by atoms with Gasteiger partial charge in [0.1, 0.15) is 6.04 Å². The lowest BCUT2D eigenvalue weighted by atomic mass is 10.0. The Morgan fingerprint density at radius 1 is 0.955 bits per heavy atom. The van der Waals surface area contributed by atoms with E-state index in [9.17, 15) is 4.79 Å². The van der Waals surface area contributed by atoms with Gasteiger partial charge in [0.15, 0.2) is 0 Å². The molecule has 0 bridgehead atoms. The minimum absolute atomic E-state index is 0.00837. The van der Waals surface area contributed by atoms with E-state index in [1.54, 1.807) is 0 Å². The molecule has 22 heavy (non-hydrogen) atoms. The van der Waals surface area contributed by atoms with E-state index in [0.717, 1.165) is 12.1 Å². The number of hydrazine groups is 1. The monoisotopic (exact) mass is 295 g/mol. The van der Waals surface area contributed by atoms with Gasteiger partial charge in [0, 0.05) is 11.7 Å². The molecule has 2 unspecified atom stereocenters. The normalized spacial score (nSPS) is 20.8. The minimum Gasteiger partial charge on any atom is -0.325 e. The molecule has 2 aromatic rings. The third-order valence-electron chi connectivity index (χ3n) is 4.02. The second kappa shape index (κ2) is 6.30. The smallest absolute Gasteiger partial charge is 0.242 e. The molecule has 0 radical (unpaired) electrons. The maximum atomic E-state index is 12.3. The van der Waals surface area contributed by atoms with E-state index in [4.69, 9.17) is 0 Å². The summed E-state index contributed by atoms with van der Waals surface area (Å²) in [6.45, 7) is 4.10. The van der Waals surface area contributed by atoms with Gasteiger partial charge in [0.2, 0.25) is 5.91 Å². The molecule has 4 heteroatoms. The number of carbonyl (C=O) groups is 1. The topological polar surface area (TPSA) is 53.2 Å². The third kappa shape index (κ3) is 3.35. The maximum absolute atomic E-state index is 12.3. The van der Waals surface area contributed by atoms with Gasteiger partial charge in [-0.25, -0.2) is 10.9 Å². The van der Waals surface area contributed by atoms with Crippen molar-refractivity contribution in [3.8, 4) is 0 Å². The molecule has 1 amide bonds. The fourth-order valence-corrected chi connectivity index (χ4v) is 2.61. The Morgan fingerprint density at radius 2 is 1.55 bits per heavy atom. The number of benzene rings is 2. The highest BCUT2D eigenvalue weighted by atomic mass is 16.2. The number of hydrogen-bond donors (Lipinski definition) is 3. The van der Waals surface area contributed by atoms with Crippen LogP contribution >= 0.6 is 0 Å². The van der Waals surface area contributed by atoms with Crippen molar-refractivity contribution in [3.63, 3.8) is 0 Å². The largest absolute Gasteiger partial charge is 0.325 e. The van der Waals surface area contributed by atoms with Crippen LogP contribution in [0.5, 0.6) is 0 Å². The highest BCUT2D eigenvalue weighted by Gasteiger charge is 2.30. The van der Waals surface area contributed by atoms with Crippen molar-refractivity contribution in [3.05, 3.63) is 65.2 Å². The molecule has 3 N–H and O–H groups in total. The van der Waals surface area contributed by atoms with Crippen molar-refractivity contribution in [2.75, 3.05) is 5.32 Å². The van der Waals surface area contributed by atoms with E-state index in [1.165, 1.54) is 16.7 Å². The molecule has 0 saturated carbocycles. The number of amides is 1. The van der Waals surface area contributed by atoms with Gasteiger partial charge in [-0.3, -0.25) is 4.79 Å². The van der Waals surface area contributed by atoms with E-state index in [2.05, 4.69) is 47.4 Å². The average molecular weight is 295 g/mol. The van der Waals surface area contributed by atoms with Crippen LogP contribution in [0.2, 0.25) is 0 Å². The second-order valence-electron chi connectivity index (χ2n) is 5.90. The van der Waals surface area contributed by atoms with E-state index >= 15 is 0 Å². The van der Waals surface area contributed by atoms with Gasteiger partial charge in [-0.05, 0) is 38.0 Å². The van der Waals surface area contributed by atoms with Crippen LogP contribution in [0.25, 0.3) is 0 Å². The number of hydrogen-bond acceptors (Lipinski definition) is 3. The molecule has 3 rings (SSSR count). The van der Waals surface area contributed by atoms with Gasteiger partial charge in [-0.2, -0.15) is 0 Å². The van der Waals surface area contributed by atoms with Crippen LogP contribution in [-0.2, 0) is 4.79 Å². The van der Waals surface area contributed by atoms with Crippen molar-refractivity contribution in [2.45, 2.75) is 32.4 Å². The molecule has 1 fully saturated rings. The van der Waals surface area contributed by atoms with Crippen molar-refractivity contribution in [1.29, 1.82) is 0 Å². The Kier molecular flexibility index (Phi) is 4.22. The van der Waals surface area contributed by atoms with Crippen molar-refractivity contribution >= 4 is 11.6 Å². The molecule has 2 aromatic carbocycles. The quantitative estimate of drug-likeness (QED) is 0.816. The first kappa shape index (κ1) is 14.8. The first-order chi connectivity index (χ1) is 10.6. The Bertz CT molecular complexity index is 649. The lowest BCUT2D eigenvalue weighted by Gasteiger charge is -2.11. The molecule has 0 aliphatic carbocycles. The summed E-state index contributed by atoms with van der Waals surface area (Å²) in [6.07, 6.45) is 0.737. The minimum atomic E-state index is -0.229. The van der Waals surface area contributed by atoms with Crippen LogP contribution in [0, 0.1) is 13.8 Å². The number of carbonyl (C=O) groups excluding carboxylic acids is 1. The highest BCUT2D eigenvalue weighted by Crippen LogP contribution is 2.23. The van der Waals surface area contributed by atoms with Crippen LogP contribution in [0.3, 0.4) is 0 Å². The SMILES string of the molecule is Cc1ccc(NC(=O)C2CC(c3ccc(C)cc3)NN2)cc1. The van der Waals surface area contributed by atoms with Crippen LogP contribution < -0.4 is 16.2 Å². The molecular weight excluding hydrogens is 274 g/mol. The second-order valence-corrected chi connectivity index (χ2v) is 5.90. The van der Waals surface area contributed by atoms with Crippen molar-refractivity contribution in [2.24, 2.45) is 0 Å². The standard InChI is InChI=1S/C18H21N3O/c1-12-3-7-14(8-4-12)16-11-17(21-20-16)18(22)19-15-9-5-13(2)6-10-15/h3-10,16-17,20-21H,11H2,1-2H3,(H,19,22). The van der Waals surface area contributed by atoms with E-state index in [1.807, 2.05) is 31.2 Å². The van der Waals surface area contributed by atoms with E-state index in [-0.39, 0.29) is 18.0 Å². The first-order valence-corrected chi connectivity index (χ1v) is 7.57. The molecule has 1 aliphatic rings. The lowest BCUT2D eigenvalue weighted by Crippen LogP contribution is -2.39. The Morgan fingerprint density at radius 3 is 2.18 bits per heavy atom. The number of anilines is 1. The number of rotatable bonds is 3. The third-order valence-corrected chi connectivity index (χ3v) is 4.02. The first-order valence-electron chi connectivity index (χ1n) is 7.57. The zero-order chi connectivity index (χ0) is 15.5. The van der Waals surface area contributed by atoms with Gasteiger partial charge >= 0.3 is 0 Å². The molecule has 1 saturated heterocycles. The number of nitrogens with one attached hydrogen (secondary N) is 3. The zero-order valence-electron chi connectivity index (χ0n) is 12.9. The summed E-state index contributed by atoms with van der Waals surface area (Å²) in [5.74, 6) is -0.00837. The predicted octanol–water partition coefficient (Wildman–Crippen LogP) is 2.85. The Hall–Kier alpha value is -2.17. The fourth-order valence-electron chi connectivity index (χ4n) is 2.61. The molecular formula is C18H21N3O. The van der Waals surface area contributed by atoms with Gasteiger partial charge in [0.25, 0.3) is 0 Å². The van der Waals surface area contributed by atoms with Crippen LogP contribution in [-0.4, -0.2) is 11.9 Å². The van der Waals surface area contributed by atoms with Crippen LogP contribution in [0.1, 0.15) is 29.2 Å². The molecule has 1 heterocycles. The Balaban J connectivity index is 1.61. The van der Waals surface area contributed by atoms with E-state index < -0.39 is 0 Å². The van der Waals surface area contributed by atoms with Gasteiger partial charge in [0.05, 0.1) is 0 Å². The molecule has 2 atom stereocenters. The van der Waals surface area contributed by atoms with E-state index in [0.29, 0.717) is 0 Å². The summed E-state index contributed by atoms with van der Waals surface area (Å²) in [4.78, 5) is 12.3. The average Bonchev–Trinajstić information content (AvgIpc) is 3.00. The molecule has 1 aliphatic heterocycles. The summed E-state index contributed by atoms with van der Waals surface area (Å²) in [5, 5.41) is 2.95. The Labute approximate surface area is 130 Å². The summed E-state index contributed by atoms with van der Waals surface area (Å²) >= 11 is 0. The molecule has 114 valence electrons. The van der Waals surface area contributed by atoms with Gasteiger partial charge in [-0.1, -0.05) is 47.5 Å². The maximum Gasteiger partial charge on any atom is 0.242 e. The van der Waals surface area contributed by atoms with Crippen LogP contribution in [0.15, 0.2) is 48.5 Å². The van der Waals surface area contributed by atoms with Gasteiger partial charge < -0.3 is 5.32 Å². The molecule has 0 spiro atoms. The van der Waals surface area contributed by atoms with Crippen molar-refractivity contribution in [1.82, 2.24) is 10.9 Å². The molecule has 0 aromatic heterocycles. The summed E-state index contributed by atoms with van der Waals surface area (Å²) in [7, 11) is 0. The fraction of sp³-hybridized carbons (Fsp3) is 0.278. The summed E-state index contributed by atoms with van der Waals surface area (Å²) in [5.41, 5.74) is 10.7. The van der Waals surface area contributed by atoms with Gasteiger partial charge in [-0.15, -0.1) is 0 Å². The molecule has 4 nitrogen and oxygen atoms in total. The van der Waals surface area contributed by atoms with Crippen LogP contribution in [0.4, 0.5) is 5.69 Å². The highest BCUT2D eigenvalue weighted by molar-refractivity contribution is 5.95. The summed E-state index contributed by atoms with van der Waals surface area (Å²) < 4.78 is 0. The predicted molar refractivity (Wildman–Crippen MR) is 88.4 cm³/mol. The number of aryl methyl sites for hydroxylation is 2. The summed E-state index contributed by atoms with van der Waals surface area (Å²) in [6, 6.07) is 16.2. The lowest BCUT2D eigenvalue weighted by molar-refractivity contribution is -0.117.